The summed E-state index contributed by atoms with van der Waals surface area (Å²) in [5.74, 6) is 0.223. The van der Waals surface area contributed by atoms with E-state index in [1.165, 1.54) is 0 Å². The first-order valence-corrected chi connectivity index (χ1v) is 8.53. The van der Waals surface area contributed by atoms with E-state index in [1.807, 2.05) is 25.1 Å². The minimum absolute atomic E-state index is 0.0317. The number of carbonyl (C=O) groups excluding carboxylic acids is 1. The number of carbonyl (C=O) groups is 1. The van der Waals surface area contributed by atoms with Crippen molar-refractivity contribution in [1.82, 2.24) is 19.6 Å². The summed E-state index contributed by atoms with van der Waals surface area (Å²) < 4.78 is 7.16. The third kappa shape index (κ3) is 3.73. The quantitative estimate of drug-likeness (QED) is 0.700. The van der Waals surface area contributed by atoms with Gasteiger partial charge < -0.3 is 9.64 Å². The van der Waals surface area contributed by atoms with Crippen LogP contribution in [0.3, 0.4) is 0 Å². The van der Waals surface area contributed by atoms with Crippen molar-refractivity contribution in [3.8, 4) is 0 Å². The van der Waals surface area contributed by atoms with Crippen molar-refractivity contribution < 1.29 is 9.53 Å². The number of hydrogen-bond acceptors (Lipinski definition) is 5. The topological polar surface area (TPSA) is 53.8 Å². The Hall–Kier alpha value is -1.44. The number of hydrogen-bond donors (Lipinski definition) is 0. The molecule has 3 rings (SSSR count). The monoisotopic (exact) mass is 321 g/mol. The molecule has 2 aliphatic heterocycles. The largest absolute Gasteiger partial charge is 0.380 e. The summed E-state index contributed by atoms with van der Waals surface area (Å²) in [7, 11) is 1.88. The molecule has 2 aliphatic rings. The van der Waals surface area contributed by atoms with Crippen LogP contribution >= 0.6 is 0 Å². The molecule has 0 N–H and O–H groups in total. The van der Waals surface area contributed by atoms with Gasteiger partial charge in [0, 0.05) is 59.1 Å². The Labute approximate surface area is 137 Å². The van der Waals surface area contributed by atoms with Gasteiger partial charge in [-0.1, -0.05) is 0 Å². The SMILES string of the molecule is CCOCCN1CCN([C@@H]2CCN(c3cnn(C)c3)C2=O)CC1. The molecule has 0 unspecified atom stereocenters. The number of nitrogens with zero attached hydrogens (tertiary/aromatic N) is 5. The van der Waals surface area contributed by atoms with Gasteiger partial charge in [-0.05, 0) is 13.3 Å². The van der Waals surface area contributed by atoms with Gasteiger partial charge in [-0.3, -0.25) is 19.3 Å². The summed E-state index contributed by atoms with van der Waals surface area (Å²) >= 11 is 0. The highest BCUT2D eigenvalue weighted by Crippen LogP contribution is 2.24. The van der Waals surface area contributed by atoms with Gasteiger partial charge in [0.25, 0.3) is 0 Å². The van der Waals surface area contributed by atoms with Gasteiger partial charge in [0.2, 0.25) is 5.91 Å². The lowest BCUT2D eigenvalue weighted by Gasteiger charge is -2.37. The van der Waals surface area contributed by atoms with Crippen molar-refractivity contribution >= 4 is 11.6 Å². The Bertz CT molecular complexity index is 524. The number of aryl methyl sites for hydroxylation is 1. The van der Waals surface area contributed by atoms with Crippen LogP contribution < -0.4 is 4.90 Å². The molecule has 128 valence electrons. The Morgan fingerprint density at radius 1 is 1.26 bits per heavy atom. The molecule has 0 saturated carbocycles. The number of aromatic nitrogens is 2. The lowest BCUT2D eigenvalue weighted by Crippen LogP contribution is -2.53. The third-order valence-electron chi connectivity index (χ3n) is 4.78. The van der Waals surface area contributed by atoms with E-state index in [-0.39, 0.29) is 11.9 Å². The molecular formula is C16H27N5O2. The van der Waals surface area contributed by atoms with Crippen LogP contribution in [-0.4, -0.2) is 84.0 Å². The molecule has 1 aromatic heterocycles. The van der Waals surface area contributed by atoms with Gasteiger partial charge in [0.15, 0.2) is 0 Å². The zero-order chi connectivity index (χ0) is 16.2. The van der Waals surface area contributed by atoms with E-state index in [0.29, 0.717) is 0 Å². The molecule has 7 nitrogen and oxygen atoms in total. The molecule has 1 atom stereocenters. The van der Waals surface area contributed by atoms with Crippen molar-refractivity contribution in [2.24, 2.45) is 7.05 Å². The molecule has 0 spiro atoms. The molecular weight excluding hydrogens is 294 g/mol. The first kappa shape index (κ1) is 16.4. The summed E-state index contributed by atoms with van der Waals surface area (Å²) in [6.45, 7) is 9.34. The van der Waals surface area contributed by atoms with Gasteiger partial charge in [0.1, 0.15) is 0 Å². The van der Waals surface area contributed by atoms with Crippen LogP contribution in [0.5, 0.6) is 0 Å². The molecule has 7 heteroatoms. The van der Waals surface area contributed by atoms with Crippen LogP contribution in [0.15, 0.2) is 12.4 Å². The fourth-order valence-electron chi connectivity index (χ4n) is 3.44. The lowest BCUT2D eigenvalue weighted by molar-refractivity contribution is -0.122. The van der Waals surface area contributed by atoms with Crippen LogP contribution in [-0.2, 0) is 16.6 Å². The Morgan fingerprint density at radius 3 is 2.70 bits per heavy atom. The number of amides is 1. The van der Waals surface area contributed by atoms with Crippen LogP contribution in [0.4, 0.5) is 5.69 Å². The highest BCUT2D eigenvalue weighted by Gasteiger charge is 2.38. The standard InChI is InChI=1S/C16H27N5O2/c1-3-23-11-10-19-6-8-20(9-7-19)15-4-5-21(16(15)22)14-12-17-18(2)13-14/h12-13,15H,3-11H2,1-2H3/t15-/m1/s1. The average Bonchev–Trinajstić information content (AvgIpc) is 3.14. The number of ether oxygens (including phenoxy) is 1. The summed E-state index contributed by atoms with van der Waals surface area (Å²) in [5, 5.41) is 4.17. The fourth-order valence-corrected chi connectivity index (χ4v) is 3.44. The Balaban J connectivity index is 1.50. The van der Waals surface area contributed by atoms with E-state index in [2.05, 4.69) is 14.9 Å². The molecule has 1 aromatic rings. The fraction of sp³-hybridized carbons (Fsp3) is 0.750. The van der Waals surface area contributed by atoms with Gasteiger partial charge in [-0.25, -0.2) is 0 Å². The Kier molecular flexibility index (Phi) is 5.30. The molecule has 0 aromatic carbocycles. The molecule has 1 amide bonds. The molecule has 3 heterocycles. The van der Waals surface area contributed by atoms with E-state index in [4.69, 9.17) is 4.74 Å². The van der Waals surface area contributed by atoms with E-state index in [9.17, 15) is 4.79 Å². The molecule has 2 fully saturated rings. The predicted molar refractivity (Wildman–Crippen MR) is 88.5 cm³/mol. The minimum Gasteiger partial charge on any atom is -0.380 e. The van der Waals surface area contributed by atoms with Crippen molar-refractivity contribution in [2.75, 3.05) is 57.4 Å². The second kappa shape index (κ2) is 7.42. The number of piperazine rings is 1. The molecule has 2 saturated heterocycles. The number of rotatable bonds is 6. The summed E-state index contributed by atoms with van der Waals surface area (Å²) in [6, 6.07) is 0.0317. The second-order valence-corrected chi connectivity index (χ2v) is 6.24. The van der Waals surface area contributed by atoms with Crippen LogP contribution in [0, 0.1) is 0 Å². The van der Waals surface area contributed by atoms with Gasteiger partial charge in [-0.15, -0.1) is 0 Å². The predicted octanol–water partition coefficient (Wildman–Crippen LogP) is 0.180. The van der Waals surface area contributed by atoms with Gasteiger partial charge in [-0.2, -0.15) is 5.10 Å². The van der Waals surface area contributed by atoms with E-state index >= 15 is 0 Å². The summed E-state index contributed by atoms with van der Waals surface area (Å²) in [5.41, 5.74) is 0.912. The minimum atomic E-state index is 0.0317. The highest BCUT2D eigenvalue weighted by molar-refractivity contribution is 5.99. The van der Waals surface area contributed by atoms with Gasteiger partial charge >= 0.3 is 0 Å². The molecule has 0 aliphatic carbocycles. The molecule has 23 heavy (non-hydrogen) atoms. The Morgan fingerprint density at radius 2 is 2.04 bits per heavy atom. The average molecular weight is 321 g/mol. The zero-order valence-corrected chi connectivity index (χ0v) is 14.1. The summed E-state index contributed by atoms with van der Waals surface area (Å²) in [4.78, 5) is 19.4. The van der Waals surface area contributed by atoms with Crippen LogP contribution in [0.25, 0.3) is 0 Å². The number of anilines is 1. The van der Waals surface area contributed by atoms with Crippen molar-refractivity contribution in [3.63, 3.8) is 0 Å². The summed E-state index contributed by atoms with van der Waals surface area (Å²) in [6.07, 6.45) is 4.59. The van der Waals surface area contributed by atoms with Gasteiger partial charge in [0.05, 0.1) is 24.5 Å². The highest BCUT2D eigenvalue weighted by atomic mass is 16.5. The van der Waals surface area contributed by atoms with E-state index in [1.54, 1.807) is 10.9 Å². The normalized spacial score (nSPS) is 23.8. The maximum Gasteiger partial charge on any atom is 0.244 e. The smallest absolute Gasteiger partial charge is 0.244 e. The van der Waals surface area contributed by atoms with Crippen molar-refractivity contribution in [1.29, 1.82) is 0 Å². The van der Waals surface area contributed by atoms with Crippen molar-refractivity contribution in [3.05, 3.63) is 12.4 Å². The first-order chi connectivity index (χ1) is 11.2. The van der Waals surface area contributed by atoms with Crippen LogP contribution in [0.2, 0.25) is 0 Å². The third-order valence-corrected chi connectivity index (χ3v) is 4.78. The molecule has 0 radical (unpaired) electrons. The van der Waals surface area contributed by atoms with Crippen molar-refractivity contribution in [2.45, 2.75) is 19.4 Å². The maximum absolute atomic E-state index is 12.7. The second-order valence-electron chi connectivity index (χ2n) is 6.24. The lowest BCUT2D eigenvalue weighted by atomic mass is 10.2. The van der Waals surface area contributed by atoms with E-state index < -0.39 is 0 Å². The first-order valence-electron chi connectivity index (χ1n) is 8.53. The maximum atomic E-state index is 12.7. The van der Waals surface area contributed by atoms with E-state index in [0.717, 1.165) is 64.6 Å². The zero-order valence-electron chi connectivity index (χ0n) is 14.1. The molecule has 0 bridgehead atoms. The van der Waals surface area contributed by atoms with Crippen LogP contribution in [0.1, 0.15) is 13.3 Å².